The van der Waals surface area contributed by atoms with Crippen LogP contribution in [-0.4, -0.2) is 53.3 Å². The molecule has 2 aliphatic heterocycles. The molecule has 0 spiro atoms. The summed E-state index contributed by atoms with van der Waals surface area (Å²) in [5.74, 6) is 0.705. The molecule has 0 aliphatic carbocycles. The van der Waals surface area contributed by atoms with Crippen LogP contribution in [0.25, 0.3) is 10.8 Å². The fourth-order valence-electron chi connectivity index (χ4n) is 6.89. The van der Waals surface area contributed by atoms with Gasteiger partial charge in [-0.05, 0) is 85.5 Å². The van der Waals surface area contributed by atoms with Crippen molar-refractivity contribution >= 4 is 34.2 Å². The lowest BCUT2D eigenvalue weighted by Gasteiger charge is -2.36. The van der Waals surface area contributed by atoms with Crippen LogP contribution in [0.5, 0.6) is 0 Å². The normalized spacial score (nSPS) is 21.3. The van der Waals surface area contributed by atoms with Gasteiger partial charge in [0.1, 0.15) is 0 Å². The van der Waals surface area contributed by atoms with Gasteiger partial charge < -0.3 is 10.2 Å². The van der Waals surface area contributed by atoms with Crippen molar-refractivity contribution in [2.24, 2.45) is 5.92 Å². The average Bonchev–Trinajstić information content (AvgIpc) is 3.42. The van der Waals surface area contributed by atoms with Crippen LogP contribution in [0.1, 0.15) is 88.4 Å². The van der Waals surface area contributed by atoms with Gasteiger partial charge in [0.2, 0.25) is 11.8 Å². The van der Waals surface area contributed by atoms with E-state index in [4.69, 9.17) is 11.6 Å². The summed E-state index contributed by atoms with van der Waals surface area (Å²) in [6.45, 7) is 13.6. The predicted octanol–water partition coefficient (Wildman–Crippen LogP) is 7.30. The van der Waals surface area contributed by atoms with Crippen LogP contribution >= 0.6 is 11.6 Å². The molecule has 3 aromatic carbocycles. The molecule has 2 fully saturated rings. The number of rotatable bonds is 6. The van der Waals surface area contributed by atoms with E-state index in [2.05, 4.69) is 91.3 Å². The molecule has 6 heteroatoms. The Morgan fingerprint density at radius 3 is 2.34 bits per heavy atom. The summed E-state index contributed by atoms with van der Waals surface area (Å²) < 4.78 is 0. The third-order valence-electron chi connectivity index (χ3n) is 9.24. The van der Waals surface area contributed by atoms with Gasteiger partial charge in [-0.3, -0.25) is 14.5 Å². The molecule has 2 amide bonds. The summed E-state index contributed by atoms with van der Waals surface area (Å²) in [5, 5.41) is 6.25. The minimum atomic E-state index is -0.0644. The number of likely N-dealkylation sites (tertiary alicyclic amines) is 2. The number of fused-ring (bicyclic) bond motifs is 1. The van der Waals surface area contributed by atoms with E-state index in [9.17, 15) is 9.59 Å². The Bertz CT molecular complexity index is 1410. The van der Waals surface area contributed by atoms with Gasteiger partial charge in [0.15, 0.2) is 0 Å². The number of hydrogen-bond donors (Lipinski definition) is 1. The third-order valence-corrected chi connectivity index (χ3v) is 9.48. The van der Waals surface area contributed by atoms with Crippen LogP contribution in [0.3, 0.4) is 0 Å². The summed E-state index contributed by atoms with van der Waals surface area (Å²) in [5.41, 5.74) is 3.62. The summed E-state index contributed by atoms with van der Waals surface area (Å²) in [7, 11) is 0. The Balaban J connectivity index is 1.34. The van der Waals surface area contributed by atoms with E-state index < -0.39 is 0 Å². The molecule has 5 nitrogen and oxygen atoms in total. The Kier molecular flexibility index (Phi) is 8.77. The first-order chi connectivity index (χ1) is 19.5. The van der Waals surface area contributed by atoms with Crippen LogP contribution in [0.15, 0.2) is 60.7 Å². The highest BCUT2D eigenvalue weighted by Crippen LogP contribution is 2.40. The summed E-state index contributed by atoms with van der Waals surface area (Å²) in [4.78, 5) is 30.7. The van der Waals surface area contributed by atoms with Crippen LogP contribution in [0.4, 0.5) is 0 Å². The van der Waals surface area contributed by atoms with Crippen molar-refractivity contribution < 1.29 is 9.59 Å². The standard InChI is InChI=1S/C35H44ClN3O2/c1-6-33(37-23(2)40)30-20-28(36)13-14-29(30)25-15-17-38(18-16-25)34(41)32-22-39(35(3,4)5)21-31(32)27-12-11-24-9-7-8-10-26(24)19-27/h7-14,19-20,25,31-33H,6,15-18,21-22H2,1-5H3,(H,37,40)/t31-,32+,33+/m1/s1. The zero-order valence-electron chi connectivity index (χ0n) is 25.1. The average molecular weight is 574 g/mol. The highest BCUT2D eigenvalue weighted by atomic mass is 35.5. The van der Waals surface area contributed by atoms with Crippen LogP contribution in [0.2, 0.25) is 5.02 Å². The van der Waals surface area contributed by atoms with Crippen LogP contribution < -0.4 is 5.32 Å². The first kappa shape index (κ1) is 29.6. The number of carbonyl (C=O) groups excluding carboxylic acids is 2. The molecular formula is C35H44ClN3O2. The van der Waals surface area contributed by atoms with Gasteiger partial charge in [-0.1, -0.05) is 67.1 Å². The topological polar surface area (TPSA) is 52.7 Å². The van der Waals surface area contributed by atoms with Gasteiger partial charge >= 0.3 is 0 Å². The summed E-state index contributed by atoms with van der Waals surface area (Å²) in [6.07, 6.45) is 2.62. The second-order valence-corrected chi connectivity index (χ2v) is 13.4. The van der Waals surface area contributed by atoms with Crippen LogP contribution in [-0.2, 0) is 9.59 Å². The highest BCUT2D eigenvalue weighted by molar-refractivity contribution is 6.30. The van der Waals surface area contributed by atoms with Gasteiger partial charge in [-0.15, -0.1) is 0 Å². The lowest BCUT2D eigenvalue weighted by molar-refractivity contribution is -0.136. The number of nitrogens with one attached hydrogen (secondary N) is 1. The molecule has 2 heterocycles. The van der Waals surface area contributed by atoms with Crippen molar-refractivity contribution in [1.82, 2.24) is 15.1 Å². The van der Waals surface area contributed by atoms with E-state index in [-0.39, 0.29) is 35.2 Å². The predicted molar refractivity (Wildman–Crippen MR) is 168 cm³/mol. The first-order valence-electron chi connectivity index (χ1n) is 15.1. The summed E-state index contributed by atoms with van der Waals surface area (Å²) >= 11 is 6.40. The second-order valence-electron chi connectivity index (χ2n) is 12.9. The Hall–Kier alpha value is -2.89. The molecule has 2 saturated heterocycles. The molecule has 41 heavy (non-hydrogen) atoms. The third kappa shape index (κ3) is 6.47. The Labute approximate surface area is 250 Å². The van der Waals surface area contributed by atoms with E-state index in [1.165, 1.54) is 21.9 Å². The number of carbonyl (C=O) groups is 2. The minimum absolute atomic E-state index is 0.00579. The summed E-state index contributed by atoms with van der Waals surface area (Å²) in [6, 6.07) is 21.2. The minimum Gasteiger partial charge on any atom is -0.350 e. The molecule has 3 atom stereocenters. The number of piperidine rings is 1. The van der Waals surface area contributed by atoms with Gasteiger partial charge in [-0.2, -0.15) is 0 Å². The smallest absolute Gasteiger partial charge is 0.227 e. The number of amides is 2. The second kappa shape index (κ2) is 12.1. The van der Waals surface area contributed by atoms with Gasteiger partial charge in [-0.25, -0.2) is 0 Å². The van der Waals surface area contributed by atoms with Crippen LogP contribution in [0, 0.1) is 5.92 Å². The molecule has 0 bridgehead atoms. The van der Waals surface area contributed by atoms with Crippen molar-refractivity contribution in [3.63, 3.8) is 0 Å². The molecular weight excluding hydrogens is 530 g/mol. The first-order valence-corrected chi connectivity index (χ1v) is 15.5. The van der Waals surface area contributed by atoms with E-state index in [0.29, 0.717) is 10.9 Å². The maximum absolute atomic E-state index is 14.2. The molecule has 2 aliphatic rings. The lowest BCUT2D eigenvalue weighted by atomic mass is 9.82. The molecule has 0 radical (unpaired) electrons. The molecule has 218 valence electrons. The number of benzene rings is 3. The van der Waals surface area contributed by atoms with E-state index in [0.717, 1.165) is 51.0 Å². The maximum atomic E-state index is 14.2. The number of hydrogen-bond acceptors (Lipinski definition) is 3. The molecule has 0 saturated carbocycles. The fourth-order valence-corrected chi connectivity index (χ4v) is 7.07. The number of halogens is 1. The van der Waals surface area contributed by atoms with Crippen molar-refractivity contribution in [3.05, 3.63) is 82.4 Å². The quantitative estimate of drug-likeness (QED) is 0.336. The van der Waals surface area contributed by atoms with Crippen molar-refractivity contribution in [2.45, 2.75) is 77.3 Å². The monoisotopic (exact) mass is 573 g/mol. The molecule has 0 unspecified atom stereocenters. The maximum Gasteiger partial charge on any atom is 0.227 e. The van der Waals surface area contributed by atoms with Crippen molar-refractivity contribution in [3.8, 4) is 0 Å². The molecule has 1 N–H and O–H groups in total. The fraction of sp³-hybridized carbons (Fsp3) is 0.486. The van der Waals surface area contributed by atoms with Gasteiger partial charge in [0.05, 0.1) is 12.0 Å². The van der Waals surface area contributed by atoms with Gasteiger partial charge in [0, 0.05) is 49.6 Å². The van der Waals surface area contributed by atoms with E-state index in [1.807, 2.05) is 12.1 Å². The Morgan fingerprint density at radius 2 is 1.68 bits per heavy atom. The molecule has 3 aromatic rings. The van der Waals surface area contributed by atoms with E-state index >= 15 is 0 Å². The van der Waals surface area contributed by atoms with Crippen molar-refractivity contribution in [1.29, 1.82) is 0 Å². The number of nitrogens with zero attached hydrogens (tertiary/aromatic N) is 2. The highest BCUT2D eigenvalue weighted by Gasteiger charge is 2.44. The zero-order valence-corrected chi connectivity index (χ0v) is 25.9. The van der Waals surface area contributed by atoms with Gasteiger partial charge in [0.25, 0.3) is 0 Å². The molecule has 0 aromatic heterocycles. The van der Waals surface area contributed by atoms with Crippen molar-refractivity contribution in [2.75, 3.05) is 26.2 Å². The van der Waals surface area contributed by atoms with E-state index in [1.54, 1.807) is 6.92 Å². The molecule has 5 rings (SSSR count). The Morgan fingerprint density at radius 1 is 0.976 bits per heavy atom. The largest absolute Gasteiger partial charge is 0.350 e. The SMILES string of the molecule is CC[C@H](NC(C)=O)c1cc(Cl)ccc1C1CCN(C(=O)[C@H]2CN(C(C)(C)C)C[C@@H]2c2ccc3ccccc3c2)CC1. The lowest BCUT2D eigenvalue weighted by Crippen LogP contribution is -2.44. The zero-order chi connectivity index (χ0) is 29.3.